The fourth-order valence-electron chi connectivity index (χ4n) is 3.55. The van der Waals surface area contributed by atoms with Crippen LogP contribution in [-0.2, 0) is 9.53 Å². The zero-order valence-corrected chi connectivity index (χ0v) is 13.3. The Bertz CT molecular complexity index is 348. The predicted molar refractivity (Wildman–Crippen MR) is 78.4 cm³/mol. The van der Waals surface area contributed by atoms with Crippen LogP contribution in [0.4, 0.5) is 4.79 Å². The summed E-state index contributed by atoms with van der Waals surface area (Å²) in [6, 6.07) is -0.146. The van der Waals surface area contributed by atoms with Crippen molar-refractivity contribution < 1.29 is 14.3 Å². The van der Waals surface area contributed by atoms with Crippen LogP contribution < -0.4 is 10.6 Å². The summed E-state index contributed by atoms with van der Waals surface area (Å²) in [5.74, 6) is -0.410. The molecule has 1 rings (SSSR count). The van der Waals surface area contributed by atoms with Crippen molar-refractivity contribution >= 4 is 12.0 Å². The molecule has 1 aliphatic rings. The van der Waals surface area contributed by atoms with Crippen molar-refractivity contribution in [2.45, 2.75) is 59.9 Å². The first-order chi connectivity index (χ1) is 9.13. The van der Waals surface area contributed by atoms with Gasteiger partial charge in [0.15, 0.2) is 0 Å². The van der Waals surface area contributed by atoms with E-state index in [2.05, 4.69) is 38.3 Å². The fraction of sp³-hybridized carbons (Fsp3) is 0.867. The Morgan fingerprint density at radius 2 is 1.70 bits per heavy atom. The van der Waals surface area contributed by atoms with Gasteiger partial charge in [0.05, 0.1) is 6.61 Å². The predicted octanol–water partition coefficient (Wildman–Crippen LogP) is 2.45. The lowest BCUT2D eigenvalue weighted by Crippen LogP contribution is -2.49. The first-order valence-electron chi connectivity index (χ1n) is 7.33. The standard InChI is InChI=1S/C15H28N2O3/c1-6-20-12(18)9-16-13(19)17-11-7-14(2,3)10-15(4,5)8-11/h11H,6-10H2,1-5H3,(H2,16,17,19). The molecule has 5 nitrogen and oxygen atoms in total. The molecular weight excluding hydrogens is 256 g/mol. The number of esters is 1. The molecule has 20 heavy (non-hydrogen) atoms. The van der Waals surface area contributed by atoms with E-state index in [1.807, 2.05) is 0 Å². The van der Waals surface area contributed by atoms with Crippen molar-refractivity contribution in [2.24, 2.45) is 10.8 Å². The summed E-state index contributed by atoms with van der Waals surface area (Å²) in [4.78, 5) is 23.0. The SMILES string of the molecule is CCOC(=O)CNC(=O)NC1CC(C)(C)CC(C)(C)C1. The van der Waals surface area contributed by atoms with Crippen molar-refractivity contribution in [2.75, 3.05) is 13.2 Å². The summed E-state index contributed by atoms with van der Waals surface area (Å²) in [6.07, 6.45) is 3.08. The highest BCUT2D eigenvalue weighted by Gasteiger charge is 2.38. The van der Waals surface area contributed by atoms with Crippen LogP contribution in [-0.4, -0.2) is 31.2 Å². The average molecular weight is 284 g/mol. The Morgan fingerprint density at radius 1 is 1.15 bits per heavy atom. The Kier molecular flexibility index (Phi) is 5.42. The molecule has 0 aromatic rings. The summed E-state index contributed by atoms with van der Waals surface area (Å²) in [5, 5.41) is 5.51. The topological polar surface area (TPSA) is 67.4 Å². The molecule has 1 saturated carbocycles. The van der Waals surface area contributed by atoms with Gasteiger partial charge in [0, 0.05) is 6.04 Å². The summed E-state index contributed by atoms with van der Waals surface area (Å²) in [6.45, 7) is 10.9. The molecule has 2 amide bonds. The number of nitrogens with one attached hydrogen (secondary N) is 2. The summed E-state index contributed by atoms with van der Waals surface area (Å²) in [7, 11) is 0. The molecular formula is C15H28N2O3. The quantitative estimate of drug-likeness (QED) is 0.779. The first-order valence-corrected chi connectivity index (χ1v) is 7.33. The monoisotopic (exact) mass is 284 g/mol. The van der Waals surface area contributed by atoms with Gasteiger partial charge in [-0.15, -0.1) is 0 Å². The zero-order valence-electron chi connectivity index (χ0n) is 13.3. The van der Waals surface area contributed by atoms with Crippen LogP contribution in [0.25, 0.3) is 0 Å². The third-order valence-corrected chi connectivity index (χ3v) is 3.59. The molecule has 0 unspecified atom stereocenters. The molecule has 2 N–H and O–H groups in total. The third kappa shape index (κ3) is 5.80. The second-order valence-electron chi connectivity index (χ2n) is 7.24. The van der Waals surface area contributed by atoms with E-state index >= 15 is 0 Å². The Hall–Kier alpha value is -1.26. The van der Waals surface area contributed by atoms with E-state index in [0.29, 0.717) is 6.61 Å². The number of ether oxygens (including phenoxy) is 1. The second kappa shape index (κ2) is 6.46. The highest BCUT2D eigenvalue weighted by Crippen LogP contribution is 2.45. The second-order valence-corrected chi connectivity index (χ2v) is 7.24. The van der Waals surface area contributed by atoms with E-state index in [0.717, 1.165) is 19.3 Å². The summed E-state index contributed by atoms with van der Waals surface area (Å²) >= 11 is 0. The van der Waals surface area contributed by atoms with Gasteiger partial charge in [-0.1, -0.05) is 27.7 Å². The van der Waals surface area contributed by atoms with Crippen molar-refractivity contribution in [1.82, 2.24) is 10.6 Å². The van der Waals surface area contributed by atoms with Gasteiger partial charge < -0.3 is 15.4 Å². The lowest BCUT2D eigenvalue weighted by molar-refractivity contribution is -0.141. The molecule has 116 valence electrons. The highest BCUT2D eigenvalue weighted by molar-refractivity contribution is 5.80. The Labute approximate surface area is 121 Å². The number of amides is 2. The van der Waals surface area contributed by atoms with Crippen molar-refractivity contribution in [3.05, 3.63) is 0 Å². The first kappa shape index (κ1) is 16.8. The minimum absolute atomic E-state index is 0.0841. The minimum Gasteiger partial charge on any atom is -0.465 e. The van der Waals surface area contributed by atoms with Gasteiger partial charge in [-0.05, 0) is 37.0 Å². The molecule has 5 heteroatoms. The van der Waals surface area contributed by atoms with Crippen LogP contribution in [0.15, 0.2) is 0 Å². The largest absolute Gasteiger partial charge is 0.465 e. The minimum atomic E-state index is -0.410. The lowest BCUT2D eigenvalue weighted by atomic mass is 9.63. The summed E-state index contributed by atoms with van der Waals surface area (Å²) < 4.78 is 4.77. The molecule has 1 fully saturated rings. The maximum atomic E-state index is 11.8. The van der Waals surface area contributed by atoms with Crippen LogP contribution in [0.1, 0.15) is 53.9 Å². The van der Waals surface area contributed by atoms with Crippen molar-refractivity contribution in [1.29, 1.82) is 0 Å². The van der Waals surface area contributed by atoms with E-state index in [-0.39, 0.29) is 29.4 Å². The molecule has 0 spiro atoms. The van der Waals surface area contributed by atoms with Crippen molar-refractivity contribution in [3.63, 3.8) is 0 Å². The number of urea groups is 1. The molecule has 0 aromatic heterocycles. The number of rotatable bonds is 4. The van der Waals surface area contributed by atoms with Gasteiger partial charge >= 0.3 is 12.0 Å². The van der Waals surface area contributed by atoms with Gasteiger partial charge in [-0.25, -0.2) is 4.79 Å². The van der Waals surface area contributed by atoms with Crippen LogP contribution in [0.5, 0.6) is 0 Å². The van der Waals surface area contributed by atoms with E-state index < -0.39 is 5.97 Å². The van der Waals surface area contributed by atoms with Crippen molar-refractivity contribution in [3.8, 4) is 0 Å². The van der Waals surface area contributed by atoms with E-state index in [9.17, 15) is 9.59 Å². The lowest BCUT2D eigenvalue weighted by Gasteiger charge is -2.45. The van der Waals surface area contributed by atoms with Crippen LogP contribution >= 0.6 is 0 Å². The van der Waals surface area contributed by atoms with Gasteiger partial charge in [-0.2, -0.15) is 0 Å². The molecule has 0 aromatic carbocycles. The third-order valence-electron chi connectivity index (χ3n) is 3.59. The van der Waals surface area contributed by atoms with Gasteiger partial charge in [0.2, 0.25) is 0 Å². The normalized spacial score (nSPS) is 21.1. The average Bonchev–Trinajstić information content (AvgIpc) is 2.22. The molecule has 0 bridgehead atoms. The number of carbonyl (C=O) groups is 2. The number of hydrogen-bond donors (Lipinski definition) is 2. The van der Waals surface area contributed by atoms with Crippen LogP contribution in [0.3, 0.4) is 0 Å². The molecule has 0 aliphatic heterocycles. The molecule has 0 atom stereocenters. The number of hydrogen-bond acceptors (Lipinski definition) is 3. The molecule has 0 heterocycles. The van der Waals surface area contributed by atoms with Gasteiger partial charge in [0.1, 0.15) is 6.54 Å². The highest BCUT2D eigenvalue weighted by atomic mass is 16.5. The summed E-state index contributed by atoms with van der Waals surface area (Å²) in [5.41, 5.74) is 0.446. The van der Waals surface area contributed by atoms with E-state index in [4.69, 9.17) is 4.74 Å². The van der Waals surface area contributed by atoms with Gasteiger partial charge in [-0.3, -0.25) is 4.79 Å². The molecule has 0 radical (unpaired) electrons. The molecule has 0 saturated heterocycles. The fourth-order valence-corrected chi connectivity index (χ4v) is 3.55. The van der Waals surface area contributed by atoms with Gasteiger partial charge in [0.25, 0.3) is 0 Å². The van der Waals surface area contributed by atoms with E-state index in [1.165, 1.54) is 0 Å². The zero-order chi connectivity index (χ0) is 15.4. The maximum absolute atomic E-state index is 11.8. The van der Waals surface area contributed by atoms with E-state index in [1.54, 1.807) is 6.92 Å². The Balaban J connectivity index is 2.43. The van der Waals surface area contributed by atoms with Crippen LogP contribution in [0, 0.1) is 10.8 Å². The number of carbonyl (C=O) groups excluding carboxylic acids is 2. The molecule has 1 aliphatic carbocycles. The maximum Gasteiger partial charge on any atom is 0.325 e. The smallest absolute Gasteiger partial charge is 0.325 e. The van der Waals surface area contributed by atoms with Crippen LogP contribution in [0.2, 0.25) is 0 Å². The Morgan fingerprint density at radius 3 is 2.20 bits per heavy atom.